The van der Waals surface area contributed by atoms with Gasteiger partial charge in [-0.25, -0.2) is 0 Å². The Labute approximate surface area is 171 Å². The summed E-state index contributed by atoms with van der Waals surface area (Å²) in [6.45, 7) is 4.10. The van der Waals surface area contributed by atoms with Crippen molar-refractivity contribution in [3.05, 3.63) is 84.2 Å². The fourth-order valence-electron chi connectivity index (χ4n) is 3.72. The molecule has 1 saturated heterocycles. The van der Waals surface area contributed by atoms with Crippen molar-refractivity contribution in [1.29, 1.82) is 0 Å². The summed E-state index contributed by atoms with van der Waals surface area (Å²) in [7, 11) is 1.68. The van der Waals surface area contributed by atoms with E-state index in [1.165, 1.54) is 5.56 Å². The van der Waals surface area contributed by atoms with Crippen LogP contribution >= 0.6 is 0 Å². The molecule has 2 heterocycles. The highest BCUT2D eigenvalue weighted by Crippen LogP contribution is 2.25. The lowest BCUT2D eigenvalue weighted by molar-refractivity contribution is 0.0629. The molecule has 0 unspecified atom stereocenters. The fraction of sp³-hybridized carbons (Fsp3) is 0.250. The summed E-state index contributed by atoms with van der Waals surface area (Å²) in [5.74, 6) is 0.971. The van der Waals surface area contributed by atoms with Gasteiger partial charge in [0.25, 0.3) is 5.91 Å². The average molecular weight is 387 g/mol. The summed E-state index contributed by atoms with van der Waals surface area (Å²) >= 11 is 0. The third-order valence-electron chi connectivity index (χ3n) is 5.37. The molecule has 1 aromatic heterocycles. The zero-order chi connectivity index (χ0) is 20.1. The second kappa shape index (κ2) is 8.88. The highest BCUT2D eigenvalue weighted by Gasteiger charge is 2.24. The number of hydrogen-bond donors (Lipinski definition) is 0. The van der Waals surface area contributed by atoms with Gasteiger partial charge in [0.15, 0.2) is 0 Å². The number of pyridine rings is 1. The van der Waals surface area contributed by atoms with Crippen molar-refractivity contribution in [2.45, 2.75) is 6.54 Å². The van der Waals surface area contributed by atoms with E-state index in [9.17, 15) is 4.79 Å². The van der Waals surface area contributed by atoms with Crippen molar-refractivity contribution in [2.24, 2.45) is 0 Å². The Morgan fingerprint density at radius 3 is 2.31 bits per heavy atom. The normalized spacial score (nSPS) is 14.6. The average Bonchev–Trinajstić information content (AvgIpc) is 2.80. The third-order valence-corrected chi connectivity index (χ3v) is 5.37. The van der Waals surface area contributed by atoms with Crippen LogP contribution in [0.15, 0.2) is 73.1 Å². The number of amides is 1. The molecule has 2 aromatic carbocycles. The van der Waals surface area contributed by atoms with Crippen LogP contribution in [0, 0.1) is 0 Å². The molecule has 0 radical (unpaired) electrons. The molecule has 29 heavy (non-hydrogen) atoms. The van der Waals surface area contributed by atoms with Crippen LogP contribution in [0.25, 0.3) is 11.1 Å². The molecule has 1 amide bonds. The molecule has 1 aliphatic rings. The molecular formula is C24H25N3O2. The summed E-state index contributed by atoms with van der Waals surface area (Å²) in [6, 6.07) is 19.9. The van der Waals surface area contributed by atoms with E-state index >= 15 is 0 Å². The SMILES string of the molecule is COc1ccc(CN2CCN(C(=O)c3ccccc3-c3ccncc3)CC2)cc1. The molecular weight excluding hydrogens is 362 g/mol. The van der Waals surface area contributed by atoms with Crippen molar-refractivity contribution in [3.63, 3.8) is 0 Å². The fourth-order valence-corrected chi connectivity index (χ4v) is 3.72. The number of methoxy groups -OCH3 is 1. The molecule has 5 nitrogen and oxygen atoms in total. The minimum Gasteiger partial charge on any atom is -0.497 e. The number of benzene rings is 2. The first-order valence-corrected chi connectivity index (χ1v) is 9.88. The van der Waals surface area contributed by atoms with E-state index in [0.29, 0.717) is 0 Å². The molecule has 3 aromatic rings. The Morgan fingerprint density at radius 2 is 1.62 bits per heavy atom. The minimum atomic E-state index is 0.0986. The number of carbonyl (C=O) groups excluding carboxylic acids is 1. The van der Waals surface area contributed by atoms with Crippen molar-refractivity contribution >= 4 is 5.91 Å². The number of nitrogens with zero attached hydrogens (tertiary/aromatic N) is 3. The second-order valence-electron chi connectivity index (χ2n) is 7.20. The summed E-state index contributed by atoms with van der Waals surface area (Å²) in [5.41, 5.74) is 3.98. The zero-order valence-corrected chi connectivity index (χ0v) is 16.6. The van der Waals surface area contributed by atoms with Gasteiger partial charge < -0.3 is 9.64 Å². The van der Waals surface area contributed by atoms with Gasteiger partial charge in [-0.2, -0.15) is 0 Å². The van der Waals surface area contributed by atoms with Crippen molar-refractivity contribution in [2.75, 3.05) is 33.3 Å². The Kier molecular flexibility index (Phi) is 5.86. The van der Waals surface area contributed by atoms with E-state index in [-0.39, 0.29) is 5.91 Å². The number of carbonyl (C=O) groups is 1. The maximum absolute atomic E-state index is 13.2. The molecule has 0 spiro atoms. The first kappa shape index (κ1) is 19.2. The quantitative estimate of drug-likeness (QED) is 0.669. The molecule has 148 valence electrons. The number of ether oxygens (including phenoxy) is 1. The number of rotatable bonds is 5. The van der Waals surface area contributed by atoms with Gasteiger partial charge >= 0.3 is 0 Å². The van der Waals surface area contributed by atoms with Crippen LogP contribution in [0.1, 0.15) is 15.9 Å². The van der Waals surface area contributed by atoms with Gasteiger partial charge in [-0.1, -0.05) is 30.3 Å². The Morgan fingerprint density at radius 1 is 0.931 bits per heavy atom. The topological polar surface area (TPSA) is 45.7 Å². The van der Waals surface area contributed by atoms with Crippen molar-refractivity contribution in [3.8, 4) is 16.9 Å². The van der Waals surface area contributed by atoms with Crippen LogP contribution < -0.4 is 4.74 Å². The summed E-state index contributed by atoms with van der Waals surface area (Å²) in [5, 5.41) is 0. The summed E-state index contributed by atoms with van der Waals surface area (Å²) in [6.07, 6.45) is 3.52. The molecule has 5 heteroatoms. The van der Waals surface area contributed by atoms with E-state index in [0.717, 1.165) is 55.2 Å². The molecule has 1 fully saturated rings. The molecule has 1 aliphatic heterocycles. The standard InChI is InChI=1S/C24H25N3O2/c1-29-21-8-6-19(7-9-21)18-26-14-16-27(17-15-26)24(28)23-5-3-2-4-22(23)20-10-12-25-13-11-20/h2-13H,14-18H2,1H3. The molecule has 0 saturated carbocycles. The van der Waals surface area contributed by atoms with Gasteiger partial charge in [-0.05, 0) is 47.0 Å². The molecule has 0 N–H and O–H groups in total. The van der Waals surface area contributed by atoms with Crippen LogP contribution in [0.4, 0.5) is 0 Å². The molecule has 4 rings (SSSR count). The van der Waals surface area contributed by atoms with Crippen LogP contribution in [-0.2, 0) is 6.54 Å². The maximum Gasteiger partial charge on any atom is 0.254 e. The predicted molar refractivity (Wildman–Crippen MR) is 114 cm³/mol. The Hall–Kier alpha value is -3.18. The minimum absolute atomic E-state index is 0.0986. The van der Waals surface area contributed by atoms with E-state index in [1.54, 1.807) is 19.5 Å². The lowest BCUT2D eigenvalue weighted by Gasteiger charge is -2.35. The van der Waals surface area contributed by atoms with E-state index in [4.69, 9.17) is 4.74 Å². The number of aromatic nitrogens is 1. The molecule has 0 bridgehead atoms. The number of hydrogen-bond acceptors (Lipinski definition) is 4. The van der Waals surface area contributed by atoms with Gasteiger partial charge in [0.1, 0.15) is 5.75 Å². The van der Waals surface area contributed by atoms with Gasteiger partial charge in [-0.15, -0.1) is 0 Å². The molecule has 0 atom stereocenters. The smallest absolute Gasteiger partial charge is 0.254 e. The van der Waals surface area contributed by atoms with Gasteiger partial charge in [0, 0.05) is 50.7 Å². The first-order valence-electron chi connectivity index (χ1n) is 9.88. The Balaban J connectivity index is 1.41. The maximum atomic E-state index is 13.2. The highest BCUT2D eigenvalue weighted by atomic mass is 16.5. The van der Waals surface area contributed by atoms with Crippen LogP contribution in [0.5, 0.6) is 5.75 Å². The summed E-state index contributed by atoms with van der Waals surface area (Å²) < 4.78 is 5.22. The van der Waals surface area contributed by atoms with Crippen LogP contribution in [0.2, 0.25) is 0 Å². The Bertz CT molecular complexity index is 949. The summed E-state index contributed by atoms with van der Waals surface area (Å²) in [4.78, 5) is 21.6. The number of piperazine rings is 1. The lowest BCUT2D eigenvalue weighted by Crippen LogP contribution is -2.48. The van der Waals surface area contributed by atoms with E-state index < -0.39 is 0 Å². The highest BCUT2D eigenvalue weighted by molar-refractivity contribution is 6.00. The van der Waals surface area contributed by atoms with Gasteiger partial charge in [0.2, 0.25) is 0 Å². The predicted octanol–water partition coefficient (Wildman–Crippen LogP) is 3.72. The van der Waals surface area contributed by atoms with E-state index in [2.05, 4.69) is 22.0 Å². The first-order chi connectivity index (χ1) is 14.2. The van der Waals surface area contributed by atoms with Crippen molar-refractivity contribution < 1.29 is 9.53 Å². The van der Waals surface area contributed by atoms with Crippen molar-refractivity contribution in [1.82, 2.24) is 14.8 Å². The largest absolute Gasteiger partial charge is 0.497 e. The van der Waals surface area contributed by atoms with E-state index in [1.807, 2.05) is 53.4 Å². The second-order valence-corrected chi connectivity index (χ2v) is 7.20. The van der Waals surface area contributed by atoms with Gasteiger partial charge in [-0.3, -0.25) is 14.7 Å². The van der Waals surface area contributed by atoms with Crippen LogP contribution in [0.3, 0.4) is 0 Å². The zero-order valence-electron chi connectivity index (χ0n) is 16.6. The third kappa shape index (κ3) is 4.46. The van der Waals surface area contributed by atoms with Crippen LogP contribution in [-0.4, -0.2) is 54.0 Å². The molecule has 0 aliphatic carbocycles. The van der Waals surface area contributed by atoms with Gasteiger partial charge in [0.05, 0.1) is 7.11 Å². The lowest BCUT2D eigenvalue weighted by atomic mass is 9.99. The monoisotopic (exact) mass is 387 g/mol.